The molecule has 0 aliphatic heterocycles. The highest BCUT2D eigenvalue weighted by molar-refractivity contribution is 7.92. The molecule has 0 unspecified atom stereocenters. The Kier molecular flexibility index (Phi) is 7.13. The summed E-state index contributed by atoms with van der Waals surface area (Å²) in [5.41, 5.74) is 2.42. The number of anilines is 1. The van der Waals surface area contributed by atoms with Crippen LogP contribution in [-0.4, -0.2) is 27.4 Å². The molecule has 1 N–H and O–H groups in total. The number of amides is 1. The second-order valence-electron chi connectivity index (χ2n) is 6.89. The summed E-state index contributed by atoms with van der Waals surface area (Å²) in [7, 11) is -3.93. The maximum absolute atomic E-state index is 13.3. The molecule has 1 amide bonds. The monoisotopic (exact) mass is 442 g/mol. The Morgan fingerprint density at radius 1 is 0.933 bits per heavy atom. The van der Waals surface area contributed by atoms with E-state index in [2.05, 4.69) is 5.32 Å². The average Bonchev–Trinajstić information content (AvgIpc) is 2.74. The van der Waals surface area contributed by atoms with Gasteiger partial charge in [-0.2, -0.15) is 0 Å². The Balaban J connectivity index is 1.78. The summed E-state index contributed by atoms with van der Waals surface area (Å²) < 4.78 is 27.6. The fourth-order valence-corrected chi connectivity index (χ4v) is 4.48. The van der Waals surface area contributed by atoms with E-state index in [0.29, 0.717) is 23.7 Å². The third kappa shape index (κ3) is 5.62. The lowest BCUT2D eigenvalue weighted by atomic mass is 10.1. The van der Waals surface area contributed by atoms with Gasteiger partial charge in [-0.3, -0.25) is 9.10 Å². The van der Waals surface area contributed by atoms with Crippen LogP contribution in [0.4, 0.5) is 5.69 Å². The molecule has 0 radical (unpaired) electrons. The standard InChI is InChI=1S/C23H23ClN2O3S/c1-18-7-13-22(14-8-18)30(28,29)26(21-11-9-20(24)10-12-21)17-23(27)25-16-15-19-5-3-2-4-6-19/h2-14H,15-17H2,1H3,(H,25,27). The van der Waals surface area contributed by atoms with Gasteiger partial charge in [0.25, 0.3) is 10.0 Å². The lowest BCUT2D eigenvalue weighted by Gasteiger charge is -2.24. The van der Waals surface area contributed by atoms with Crippen molar-refractivity contribution in [2.24, 2.45) is 0 Å². The first kappa shape index (κ1) is 21.9. The van der Waals surface area contributed by atoms with E-state index in [1.165, 1.54) is 0 Å². The molecule has 0 fully saturated rings. The van der Waals surface area contributed by atoms with Gasteiger partial charge in [0, 0.05) is 11.6 Å². The molecule has 3 aromatic carbocycles. The third-order valence-corrected chi connectivity index (χ3v) is 6.63. The highest BCUT2D eigenvalue weighted by Crippen LogP contribution is 2.25. The van der Waals surface area contributed by atoms with Gasteiger partial charge in [0.05, 0.1) is 10.6 Å². The molecule has 0 heterocycles. The van der Waals surface area contributed by atoms with Crippen molar-refractivity contribution in [2.75, 3.05) is 17.4 Å². The Morgan fingerprint density at radius 2 is 1.57 bits per heavy atom. The maximum Gasteiger partial charge on any atom is 0.264 e. The first-order valence-corrected chi connectivity index (χ1v) is 11.3. The summed E-state index contributed by atoms with van der Waals surface area (Å²) in [6, 6.07) is 22.7. The molecule has 156 valence electrons. The zero-order valence-electron chi connectivity index (χ0n) is 16.6. The number of aryl methyl sites for hydroxylation is 1. The lowest BCUT2D eigenvalue weighted by Crippen LogP contribution is -2.41. The molecular formula is C23H23ClN2O3S. The fourth-order valence-electron chi connectivity index (χ4n) is 2.94. The number of benzene rings is 3. The number of hydrogen-bond donors (Lipinski definition) is 1. The summed E-state index contributed by atoms with van der Waals surface area (Å²) in [5.74, 6) is -0.378. The molecule has 0 spiro atoms. The van der Waals surface area contributed by atoms with Crippen molar-refractivity contribution in [3.05, 3.63) is 95.0 Å². The van der Waals surface area contributed by atoms with Gasteiger partial charge in [0.2, 0.25) is 5.91 Å². The Labute approximate surface area is 182 Å². The first-order valence-electron chi connectivity index (χ1n) is 9.52. The molecule has 0 saturated carbocycles. The van der Waals surface area contributed by atoms with Gasteiger partial charge in [0.1, 0.15) is 6.54 Å². The summed E-state index contributed by atoms with van der Waals surface area (Å²) in [5, 5.41) is 3.29. The van der Waals surface area contributed by atoms with E-state index in [9.17, 15) is 13.2 Å². The maximum atomic E-state index is 13.3. The minimum atomic E-state index is -3.93. The van der Waals surface area contributed by atoms with E-state index in [4.69, 9.17) is 11.6 Å². The second kappa shape index (κ2) is 9.78. The van der Waals surface area contributed by atoms with Gasteiger partial charge in [-0.15, -0.1) is 0 Å². The van der Waals surface area contributed by atoms with Crippen LogP contribution >= 0.6 is 11.6 Å². The molecular weight excluding hydrogens is 420 g/mol. The molecule has 0 atom stereocenters. The highest BCUT2D eigenvalue weighted by atomic mass is 35.5. The molecule has 0 aliphatic carbocycles. The molecule has 5 nitrogen and oxygen atoms in total. The van der Waals surface area contributed by atoms with Crippen molar-refractivity contribution < 1.29 is 13.2 Å². The quantitative estimate of drug-likeness (QED) is 0.568. The number of nitrogens with zero attached hydrogens (tertiary/aromatic N) is 1. The lowest BCUT2D eigenvalue weighted by molar-refractivity contribution is -0.119. The Bertz CT molecular complexity index is 1080. The van der Waals surface area contributed by atoms with Crippen molar-refractivity contribution in [1.82, 2.24) is 5.32 Å². The number of nitrogens with one attached hydrogen (secondary N) is 1. The minimum Gasteiger partial charge on any atom is -0.354 e. The van der Waals surface area contributed by atoms with E-state index in [1.807, 2.05) is 37.3 Å². The fraction of sp³-hybridized carbons (Fsp3) is 0.174. The third-order valence-electron chi connectivity index (χ3n) is 4.59. The highest BCUT2D eigenvalue weighted by Gasteiger charge is 2.27. The van der Waals surface area contributed by atoms with Gasteiger partial charge in [-0.25, -0.2) is 8.42 Å². The van der Waals surface area contributed by atoms with Gasteiger partial charge >= 0.3 is 0 Å². The predicted octanol–water partition coefficient (Wildman–Crippen LogP) is 4.20. The minimum absolute atomic E-state index is 0.125. The van der Waals surface area contributed by atoms with Crippen LogP contribution < -0.4 is 9.62 Å². The van der Waals surface area contributed by atoms with Gasteiger partial charge in [-0.1, -0.05) is 59.6 Å². The SMILES string of the molecule is Cc1ccc(S(=O)(=O)N(CC(=O)NCCc2ccccc2)c2ccc(Cl)cc2)cc1. The number of halogens is 1. The van der Waals surface area contributed by atoms with Gasteiger partial charge < -0.3 is 5.32 Å². The van der Waals surface area contributed by atoms with Crippen molar-refractivity contribution in [2.45, 2.75) is 18.2 Å². The van der Waals surface area contributed by atoms with E-state index in [-0.39, 0.29) is 17.3 Å². The zero-order chi connectivity index (χ0) is 21.6. The summed E-state index contributed by atoms with van der Waals surface area (Å²) in [4.78, 5) is 12.7. The molecule has 0 aromatic heterocycles. The number of carbonyl (C=O) groups excluding carboxylic acids is 1. The largest absolute Gasteiger partial charge is 0.354 e. The van der Waals surface area contributed by atoms with Gasteiger partial charge in [0.15, 0.2) is 0 Å². The molecule has 0 bridgehead atoms. The van der Waals surface area contributed by atoms with Crippen LogP contribution in [0.5, 0.6) is 0 Å². The molecule has 3 aromatic rings. The van der Waals surface area contributed by atoms with Crippen LogP contribution in [0.25, 0.3) is 0 Å². The van der Waals surface area contributed by atoms with E-state index >= 15 is 0 Å². The van der Waals surface area contributed by atoms with E-state index in [1.54, 1.807) is 48.5 Å². The number of hydrogen-bond acceptors (Lipinski definition) is 3. The Hall–Kier alpha value is -2.83. The van der Waals surface area contributed by atoms with Crippen molar-refractivity contribution >= 4 is 33.2 Å². The summed E-state index contributed by atoms with van der Waals surface area (Å²) in [6.07, 6.45) is 0.665. The molecule has 0 aliphatic rings. The summed E-state index contributed by atoms with van der Waals surface area (Å²) in [6.45, 7) is 1.97. The van der Waals surface area contributed by atoms with Gasteiger partial charge in [-0.05, 0) is 55.3 Å². The zero-order valence-corrected chi connectivity index (χ0v) is 18.2. The molecule has 7 heteroatoms. The number of sulfonamides is 1. The topological polar surface area (TPSA) is 66.5 Å². The van der Waals surface area contributed by atoms with Crippen LogP contribution in [0.3, 0.4) is 0 Å². The Morgan fingerprint density at radius 3 is 2.20 bits per heavy atom. The smallest absolute Gasteiger partial charge is 0.264 e. The van der Waals surface area contributed by atoms with E-state index in [0.717, 1.165) is 15.4 Å². The molecule has 30 heavy (non-hydrogen) atoms. The predicted molar refractivity (Wildman–Crippen MR) is 120 cm³/mol. The number of carbonyl (C=O) groups is 1. The van der Waals surface area contributed by atoms with Crippen LogP contribution in [0.2, 0.25) is 5.02 Å². The summed E-state index contributed by atoms with van der Waals surface area (Å²) >= 11 is 5.95. The van der Waals surface area contributed by atoms with Crippen LogP contribution in [-0.2, 0) is 21.2 Å². The molecule has 0 saturated heterocycles. The van der Waals surface area contributed by atoms with Crippen LogP contribution in [0.1, 0.15) is 11.1 Å². The average molecular weight is 443 g/mol. The number of rotatable bonds is 8. The van der Waals surface area contributed by atoms with E-state index < -0.39 is 10.0 Å². The van der Waals surface area contributed by atoms with Crippen molar-refractivity contribution in [1.29, 1.82) is 0 Å². The second-order valence-corrected chi connectivity index (χ2v) is 9.19. The molecule has 3 rings (SSSR count). The normalized spacial score (nSPS) is 11.1. The van der Waals surface area contributed by atoms with Crippen LogP contribution in [0, 0.1) is 6.92 Å². The van der Waals surface area contributed by atoms with Crippen molar-refractivity contribution in [3.8, 4) is 0 Å². The van der Waals surface area contributed by atoms with Crippen LogP contribution in [0.15, 0.2) is 83.8 Å². The van der Waals surface area contributed by atoms with Crippen molar-refractivity contribution in [3.63, 3.8) is 0 Å². The first-order chi connectivity index (χ1) is 14.4.